The van der Waals surface area contributed by atoms with E-state index in [9.17, 15) is 8.78 Å². The highest BCUT2D eigenvalue weighted by Crippen LogP contribution is 2.30. The molecule has 2 rings (SSSR count). The zero-order chi connectivity index (χ0) is 13.1. The van der Waals surface area contributed by atoms with E-state index in [-0.39, 0.29) is 18.0 Å². The number of halogens is 3. The average molecular weight is 333 g/mol. The summed E-state index contributed by atoms with van der Waals surface area (Å²) in [7, 11) is 0. The lowest BCUT2D eigenvalue weighted by Crippen LogP contribution is -2.30. The second-order valence-corrected chi connectivity index (χ2v) is 5.40. The fourth-order valence-electron chi connectivity index (χ4n) is 1.73. The van der Waals surface area contributed by atoms with E-state index in [4.69, 9.17) is 5.84 Å². The van der Waals surface area contributed by atoms with Crippen LogP contribution < -0.4 is 11.3 Å². The minimum absolute atomic E-state index is 0.0403. The van der Waals surface area contributed by atoms with Gasteiger partial charge in [-0.05, 0) is 45.4 Å². The van der Waals surface area contributed by atoms with Gasteiger partial charge in [0.1, 0.15) is 11.6 Å². The maximum absolute atomic E-state index is 13.6. The van der Waals surface area contributed by atoms with Crippen LogP contribution in [0.1, 0.15) is 17.2 Å². The minimum atomic E-state index is -0.554. The molecule has 1 unspecified atom stereocenters. The van der Waals surface area contributed by atoms with Gasteiger partial charge in [-0.1, -0.05) is 6.07 Å². The molecule has 96 valence electrons. The van der Waals surface area contributed by atoms with E-state index in [0.29, 0.717) is 0 Å². The highest BCUT2D eigenvalue weighted by molar-refractivity contribution is 9.10. The van der Waals surface area contributed by atoms with Crippen LogP contribution in [0.3, 0.4) is 0 Å². The van der Waals surface area contributed by atoms with Crippen molar-refractivity contribution in [3.05, 3.63) is 56.2 Å². The summed E-state index contributed by atoms with van der Waals surface area (Å²) < 4.78 is 28.0. The lowest BCUT2D eigenvalue weighted by molar-refractivity contribution is 0.500. The molecule has 0 spiro atoms. The molecular formula is C12H11BrF2N2S. The van der Waals surface area contributed by atoms with Crippen LogP contribution in [0.2, 0.25) is 0 Å². The van der Waals surface area contributed by atoms with Crippen molar-refractivity contribution >= 4 is 27.3 Å². The first kappa shape index (κ1) is 13.6. The first-order chi connectivity index (χ1) is 8.63. The number of thiophene rings is 1. The van der Waals surface area contributed by atoms with Gasteiger partial charge in [0, 0.05) is 15.4 Å². The van der Waals surface area contributed by atoms with Gasteiger partial charge in [-0.2, -0.15) is 11.3 Å². The van der Waals surface area contributed by atoms with Crippen molar-refractivity contribution in [1.82, 2.24) is 5.43 Å². The van der Waals surface area contributed by atoms with Crippen LogP contribution >= 0.6 is 27.3 Å². The molecule has 2 nitrogen and oxygen atoms in total. The second-order valence-electron chi connectivity index (χ2n) is 3.80. The molecule has 0 saturated carbocycles. The number of nitrogens with one attached hydrogen (secondary N) is 1. The number of benzene rings is 1. The van der Waals surface area contributed by atoms with E-state index in [1.807, 2.05) is 10.8 Å². The minimum Gasteiger partial charge on any atom is -0.271 e. The number of hydrazine groups is 1. The maximum atomic E-state index is 13.6. The standard InChI is InChI=1S/C12H11BrF2N2S/c13-9-6-18-5-8(9)12(17-16)4-7-10(14)2-1-3-11(7)15/h1-3,5-6,12,17H,4,16H2. The quantitative estimate of drug-likeness (QED) is 0.663. The molecule has 1 atom stereocenters. The Morgan fingerprint density at radius 3 is 2.44 bits per heavy atom. The van der Waals surface area contributed by atoms with Gasteiger partial charge >= 0.3 is 0 Å². The van der Waals surface area contributed by atoms with E-state index in [1.165, 1.54) is 29.5 Å². The smallest absolute Gasteiger partial charge is 0.129 e. The topological polar surface area (TPSA) is 38.0 Å². The summed E-state index contributed by atoms with van der Waals surface area (Å²) in [4.78, 5) is 0. The van der Waals surface area contributed by atoms with E-state index < -0.39 is 11.6 Å². The van der Waals surface area contributed by atoms with Crippen LogP contribution in [0.5, 0.6) is 0 Å². The molecule has 0 saturated heterocycles. The van der Waals surface area contributed by atoms with Crippen molar-refractivity contribution in [1.29, 1.82) is 0 Å². The lowest BCUT2D eigenvalue weighted by atomic mass is 10.0. The summed E-state index contributed by atoms with van der Waals surface area (Å²) in [6.45, 7) is 0. The highest BCUT2D eigenvalue weighted by Gasteiger charge is 2.18. The van der Waals surface area contributed by atoms with Crippen molar-refractivity contribution in [3.8, 4) is 0 Å². The van der Waals surface area contributed by atoms with Crippen LogP contribution in [0.15, 0.2) is 33.4 Å². The Kier molecular flexibility index (Phi) is 4.45. The molecular weight excluding hydrogens is 322 g/mol. The largest absolute Gasteiger partial charge is 0.271 e. The molecule has 0 amide bonds. The lowest BCUT2D eigenvalue weighted by Gasteiger charge is -2.16. The predicted octanol–water partition coefficient (Wildman–Crippen LogP) is 3.54. The third-order valence-corrected chi connectivity index (χ3v) is 4.44. The summed E-state index contributed by atoms with van der Waals surface area (Å²) in [5, 5.41) is 3.80. The molecule has 0 bridgehead atoms. The van der Waals surface area contributed by atoms with Gasteiger partial charge in [0.15, 0.2) is 0 Å². The Labute approximate surface area is 116 Å². The first-order valence-electron chi connectivity index (χ1n) is 5.24. The summed E-state index contributed by atoms with van der Waals surface area (Å²) >= 11 is 4.88. The van der Waals surface area contributed by atoms with Crippen molar-refractivity contribution in [2.75, 3.05) is 0 Å². The molecule has 0 radical (unpaired) electrons. The Bertz CT molecular complexity index is 524. The molecule has 0 aliphatic carbocycles. The van der Waals surface area contributed by atoms with Gasteiger partial charge < -0.3 is 0 Å². The molecule has 1 heterocycles. The number of rotatable bonds is 4. The fraction of sp³-hybridized carbons (Fsp3) is 0.167. The van der Waals surface area contributed by atoms with Gasteiger partial charge in [-0.15, -0.1) is 0 Å². The van der Waals surface area contributed by atoms with Crippen molar-refractivity contribution in [2.24, 2.45) is 5.84 Å². The highest BCUT2D eigenvalue weighted by atomic mass is 79.9. The molecule has 1 aromatic carbocycles. The summed E-state index contributed by atoms with van der Waals surface area (Å²) in [6.07, 6.45) is 0.157. The molecule has 0 aliphatic rings. The Hall–Kier alpha value is -0.820. The molecule has 6 heteroatoms. The van der Waals surface area contributed by atoms with Crippen molar-refractivity contribution in [2.45, 2.75) is 12.5 Å². The monoisotopic (exact) mass is 332 g/mol. The number of hydrogen-bond acceptors (Lipinski definition) is 3. The average Bonchev–Trinajstić information content (AvgIpc) is 2.76. The predicted molar refractivity (Wildman–Crippen MR) is 72.1 cm³/mol. The Morgan fingerprint density at radius 1 is 1.28 bits per heavy atom. The van der Waals surface area contributed by atoms with Crippen molar-refractivity contribution < 1.29 is 8.78 Å². The first-order valence-corrected chi connectivity index (χ1v) is 6.97. The molecule has 3 N–H and O–H groups in total. The van der Waals surface area contributed by atoms with Crippen LogP contribution in [0.25, 0.3) is 0 Å². The van der Waals surface area contributed by atoms with Crippen LogP contribution in [-0.4, -0.2) is 0 Å². The molecule has 0 aliphatic heterocycles. The summed E-state index contributed by atoms with van der Waals surface area (Å²) in [5.74, 6) is 4.36. The van der Waals surface area contributed by atoms with E-state index in [1.54, 1.807) is 0 Å². The van der Waals surface area contributed by atoms with Gasteiger partial charge in [0.05, 0.1) is 6.04 Å². The zero-order valence-electron chi connectivity index (χ0n) is 9.29. The van der Waals surface area contributed by atoms with Gasteiger partial charge in [0.25, 0.3) is 0 Å². The van der Waals surface area contributed by atoms with Crippen LogP contribution in [0.4, 0.5) is 8.78 Å². The molecule has 2 aromatic rings. The van der Waals surface area contributed by atoms with Gasteiger partial charge in [0.2, 0.25) is 0 Å². The van der Waals surface area contributed by atoms with E-state index in [0.717, 1.165) is 10.0 Å². The molecule has 18 heavy (non-hydrogen) atoms. The zero-order valence-corrected chi connectivity index (χ0v) is 11.7. The maximum Gasteiger partial charge on any atom is 0.129 e. The normalized spacial score (nSPS) is 12.7. The van der Waals surface area contributed by atoms with Crippen molar-refractivity contribution in [3.63, 3.8) is 0 Å². The van der Waals surface area contributed by atoms with Gasteiger partial charge in [-0.25, -0.2) is 8.78 Å². The summed E-state index contributed by atoms with van der Waals surface area (Å²) in [6, 6.07) is 3.50. The third-order valence-electron chi connectivity index (χ3n) is 2.69. The molecule has 0 fully saturated rings. The van der Waals surface area contributed by atoms with Gasteiger partial charge in [-0.3, -0.25) is 11.3 Å². The number of hydrogen-bond donors (Lipinski definition) is 2. The van der Waals surface area contributed by atoms with Crippen LogP contribution in [0, 0.1) is 11.6 Å². The fourth-order valence-corrected chi connectivity index (χ4v) is 3.36. The Balaban J connectivity index is 2.29. The SMILES string of the molecule is NNC(Cc1c(F)cccc1F)c1cscc1Br. The number of nitrogens with two attached hydrogens (primary N) is 1. The second kappa shape index (κ2) is 5.88. The summed E-state index contributed by atoms with van der Waals surface area (Å²) in [5.41, 5.74) is 3.53. The molecule has 1 aromatic heterocycles. The van der Waals surface area contributed by atoms with E-state index >= 15 is 0 Å². The third kappa shape index (κ3) is 2.77. The Morgan fingerprint density at radius 2 is 1.94 bits per heavy atom. The van der Waals surface area contributed by atoms with Crippen LogP contribution in [-0.2, 0) is 6.42 Å². The van der Waals surface area contributed by atoms with E-state index in [2.05, 4.69) is 21.4 Å².